The smallest absolute Gasteiger partial charge is 0.245 e. The van der Waals surface area contributed by atoms with Gasteiger partial charge in [0.25, 0.3) is 0 Å². The molecular weight excluding hydrogens is 316 g/mol. The molecule has 0 spiro atoms. The number of hydrogen-bond acceptors (Lipinski definition) is 4. The van der Waals surface area contributed by atoms with E-state index in [1.165, 1.54) is 0 Å². The number of carbonyl (C=O) groups excluding carboxylic acids is 2. The first kappa shape index (κ1) is 19.1. The molecule has 0 radical (unpaired) electrons. The van der Waals surface area contributed by atoms with Gasteiger partial charge in [-0.2, -0.15) is 5.26 Å². The Morgan fingerprint density at radius 1 is 1.40 bits per heavy atom. The molecule has 1 amide bonds. The monoisotopic (exact) mass is 342 g/mol. The molecule has 2 rings (SSSR count). The number of carbonyl (C=O) groups is 2. The Hall–Kier alpha value is -2.19. The molecule has 25 heavy (non-hydrogen) atoms. The van der Waals surface area contributed by atoms with Crippen LogP contribution in [0.1, 0.15) is 43.7 Å². The standard InChI is InChI=1S/C20H26N2O3/c1-13(2)25-9-5-8-22-20(24)18(12-21)19(23)17-11-16(17)15-7-4-6-14(3)10-15/h4,6-7,10,13,16-18H,5,8-9,11H2,1-3H3,(H,22,24). The van der Waals surface area contributed by atoms with Gasteiger partial charge in [-0.1, -0.05) is 29.8 Å². The zero-order chi connectivity index (χ0) is 18.4. The Bertz CT molecular complexity index is 663. The SMILES string of the molecule is Cc1cccc(C2CC2C(=O)C(C#N)C(=O)NCCCOC(C)C)c1. The number of rotatable bonds is 9. The number of benzene rings is 1. The number of ketones is 1. The number of Topliss-reactive ketones (excluding diaryl/α,β-unsaturated/α-hetero) is 1. The van der Waals surface area contributed by atoms with Crippen molar-refractivity contribution in [2.24, 2.45) is 11.8 Å². The van der Waals surface area contributed by atoms with Crippen molar-refractivity contribution in [1.29, 1.82) is 5.26 Å². The van der Waals surface area contributed by atoms with Gasteiger partial charge in [0.15, 0.2) is 11.7 Å². The second-order valence-corrected chi connectivity index (χ2v) is 6.89. The summed E-state index contributed by atoms with van der Waals surface area (Å²) in [7, 11) is 0. The van der Waals surface area contributed by atoms with E-state index >= 15 is 0 Å². The Morgan fingerprint density at radius 3 is 2.80 bits per heavy atom. The van der Waals surface area contributed by atoms with Crippen LogP contribution in [0.4, 0.5) is 0 Å². The zero-order valence-electron chi connectivity index (χ0n) is 15.1. The summed E-state index contributed by atoms with van der Waals surface area (Å²) in [5.41, 5.74) is 2.26. The lowest BCUT2D eigenvalue weighted by Crippen LogP contribution is -2.36. The van der Waals surface area contributed by atoms with Crippen LogP contribution in [0.15, 0.2) is 24.3 Å². The van der Waals surface area contributed by atoms with Crippen LogP contribution in [0, 0.1) is 30.1 Å². The maximum absolute atomic E-state index is 12.5. The van der Waals surface area contributed by atoms with E-state index in [-0.39, 0.29) is 23.7 Å². The summed E-state index contributed by atoms with van der Waals surface area (Å²) in [5.74, 6) is -2.06. The van der Waals surface area contributed by atoms with Crippen LogP contribution >= 0.6 is 0 Å². The van der Waals surface area contributed by atoms with Crippen LogP contribution in [-0.2, 0) is 14.3 Å². The van der Waals surface area contributed by atoms with Gasteiger partial charge in [-0.15, -0.1) is 0 Å². The van der Waals surface area contributed by atoms with Crippen molar-refractivity contribution in [1.82, 2.24) is 5.32 Å². The minimum atomic E-state index is -1.22. The first-order chi connectivity index (χ1) is 11.9. The summed E-state index contributed by atoms with van der Waals surface area (Å²) in [5, 5.41) is 11.9. The van der Waals surface area contributed by atoms with E-state index in [2.05, 4.69) is 11.4 Å². The van der Waals surface area contributed by atoms with E-state index < -0.39 is 11.8 Å². The van der Waals surface area contributed by atoms with Gasteiger partial charge in [0.05, 0.1) is 12.2 Å². The quantitative estimate of drug-likeness (QED) is 0.553. The molecule has 0 heterocycles. The molecule has 1 fully saturated rings. The number of amides is 1. The van der Waals surface area contributed by atoms with Crippen molar-refractivity contribution in [2.45, 2.75) is 45.6 Å². The number of nitrogens with zero attached hydrogens (tertiary/aromatic N) is 1. The molecule has 0 aliphatic heterocycles. The molecule has 0 saturated heterocycles. The lowest BCUT2D eigenvalue weighted by Gasteiger charge is -2.11. The molecule has 0 aromatic heterocycles. The minimum absolute atomic E-state index is 0.135. The highest BCUT2D eigenvalue weighted by Gasteiger charge is 2.47. The normalized spacial score (nSPS) is 20.0. The largest absolute Gasteiger partial charge is 0.379 e. The topological polar surface area (TPSA) is 79.2 Å². The molecule has 1 aliphatic rings. The Kier molecular flexibility index (Phi) is 6.72. The van der Waals surface area contributed by atoms with Crippen LogP contribution in [0.3, 0.4) is 0 Å². The van der Waals surface area contributed by atoms with Crippen LogP contribution < -0.4 is 5.32 Å². The summed E-state index contributed by atoms with van der Waals surface area (Å²) in [4.78, 5) is 24.7. The first-order valence-corrected chi connectivity index (χ1v) is 8.83. The van der Waals surface area contributed by atoms with Crippen molar-refractivity contribution >= 4 is 11.7 Å². The number of aryl methyl sites for hydroxylation is 1. The van der Waals surface area contributed by atoms with Gasteiger partial charge in [-0.05, 0) is 45.1 Å². The van der Waals surface area contributed by atoms with Gasteiger partial charge in [-0.25, -0.2) is 0 Å². The molecule has 3 atom stereocenters. The average molecular weight is 342 g/mol. The van der Waals surface area contributed by atoms with E-state index in [9.17, 15) is 14.9 Å². The molecule has 1 aromatic carbocycles. The molecule has 1 aromatic rings. The van der Waals surface area contributed by atoms with Gasteiger partial charge in [0.2, 0.25) is 5.91 Å². The summed E-state index contributed by atoms with van der Waals surface area (Å²) in [6, 6.07) is 9.92. The summed E-state index contributed by atoms with van der Waals surface area (Å²) in [6.45, 7) is 6.86. The Labute approximate surface area is 149 Å². The third kappa shape index (κ3) is 5.40. The first-order valence-electron chi connectivity index (χ1n) is 8.83. The minimum Gasteiger partial charge on any atom is -0.379 e. The zero-order valence-corrected chi connectivity index (χ0v) is 15.1. The molecule has 0 bridgehead atoms. The third-order valence-corrected chi connectivity index (χ3v) is 4.37. The van der Waals surface area contributed by atoms with Gasteiger partial charge in [0.1, 0.15) is 0 Å². The maximum Gasteiger partial charge on any atom is 0.245 e. The van der Waals surface area contributed by atoms with Crippen molar-refractivity contribution in [3.05, 3.63) is 35.4 Å². The third-order valence-electron chi connectivity index (χ3n) is 4.37. The van der Waals surface area contributed by atoms with Crippen molar-refractivity contribution in [3.63, 3.8) is 0 Å². The summed E-state index contributed by atoms with van der Waals surface area (Å²) < 4.78 is 5.40. The van der Waals surface area contributed by atoms with Gasteiger partial charge in [0, 0.05) is 19.1 Å². The lowest BCUT2D eigenvalue weighted by atomic mass is 9.97. The second-order valence-electron chi connectivity index (χ2n) is 6.89. The molecule has 1 N–H and O–H groups in total. The van der Waals surface area contributed by atoms with E-state index in [0.717, 1.165) is 17.5 Å². The highest BCUT2D eigenvalue weighted by molar-refractivity contribution is 6.06. The van der Waals surface area contributed by atoms with Gasteiger partial charge < -0.3 is 10.1 Å². The van der Waals surface area contributed by atoms with E-state index in [1.807, 2.05) is 45.0 Å². The van der Waals surface area contributed by atoms with Crippen LogP contribution in [0.2, 0.25) is 0 Å². The molecule has 3 unspecified atom stereocenters. The number of hydrogen-bond donors (Lipinski definition) is 1. The van der Waals surface area contributed by atoms with Crippen molar-refractivity contribution in [2.75, 3.05) is 13.2 Å². The lowest BCUT2D eigenvalue weighted by molar-refractivity contribution is -0.132. The van der Waals surface area contributed by atoms with Crippen LogP contribution in [0.5, 0.6) is 0 Å². The number of nitrogens with one attached hydrogen (secondary N) is 1. The predicted molar refractivity (Wildman–Crippen MR) is 94.9 cm³/mol. The highest BCUT2D eigenvalue weighted by atomic mass is 16.5. The molecule has 134 valence electrons. The van der Waals surface area contributed by atoms with Gasteiger partial charge >= 0.3 is 0 Å². The fraction of sp³-hybridized carbons (Fsp3) is 0.550. The average Bonchev–Trinajstić information content (AvgIpc) is 3.35. The van der Waals surface area contributed by atoms with E-state index in [0.29, 0.717) is 19.6 Å². The van der Waals surface area contributed by atoms with Crippen LogP contribution in [0.25, 0.3) is 0 Å². The number of nitriles is 1. The van der Waals surface area contributed by atoms with Crippen LogP contribution in [-0.4, -0.2) is 30.9 Å². The summed E-state index contributed by atoms with van der Waals surface area (Å²) in [6.07, 6.45) is 1.53. The van der Waals surface area contributed by atoms with Crippen molar-refractivity contribution < 1.29 is 14.3 Å². The molecule has 5 nitrogen and oxygen atoms in total. The molecular formula is C20H26N2O3. The molecule has 5 heteroatoms. The Balaban J connectivity index is 1.83. The summed E-state index contributed by atoms with van der Waals surface area (Å²) >= 11 is 0. The second kappa shape index (κ2) is 8.77. The highest BCUT2D eigenvalue weighted by Crippen LogP contribution is 2.49. The number of ether oxygens (including phenoxy) is 1. The molecule has 1 saturated carbocycles. The maximum atomic E-state index is 12.5. The van der Waals surface area contributed by atoms with Gasteiger partial charge in [-0.3, -0.25) is 9.59 Å². The van der Waals surface area contributed by atoms with E-state index in [4.69, 9.17) is 4.74 Å². The van der Waals surface area contributed by atoms with Crippen molar-refractivity contribution in [3.8, 4) is 6.07 Å². The predicted octanol–water partition coefficient (Wildman–Crippen LogP) is 2.74. The molecule has 1 aliphatic carbocycles. The Morgan fingerprint density at radius 2 is 2.16 bits per heavy atom. The fourth-order valence-electron chi connectivity index (χ4n) is 2.95. The fourth-order valence-corrected chi connectivity index (χ4v) is 2.95. The van der Waals surface area contributed by atoms with E-state index in [1.54, 1.807) is 0 Å².